The maximum atomic E-state index is 13.0. The van der Waals surface area contributed by atoms with Crippen LogP contribution in [-0.2, 0) is 12.7 Å². The molecule has 13 heteroatoms. The van der Waals surface area contributed by atoms with Crippen molar-refractivity contribution in [1.29, 1.82) is 0 Å². The third kappa shape index (κ3) is 4.84. The number of nitrogens with zero attached hydrogens (tertiary/aromatic N) is 5. The van der Waals surface area contributed by atoms with Gasteiger partial charge in [-0.3, -0.25) is 14.7 Å². The molecule has 0 atom stereocenters. The Labute approximate surface area is 213 Å². The summed E-state index contributed by atoms with van der Waals surface area (Å²) in [7, 11) is 0. The van der Waals surface area contributed by atoms with Crippen LogP contribution < -0.4 is 10.3 Å². The first-order chi connectivity index (χ1) is 17.6. The van der Waals surface area contributed by atoms with E-state index in [4.69, 9.17) is 16.3 Å². The van der Waals surface area contributed by atoms with Gasteiger partial charge in [0.1, 0.15) is 29.4 Å². The Morgan fingerprint density at radius 2 is 1.95 bits per heavy atom. The fourth-order valence-corrected chi connectivity index (χ4v) is 4.29. The highest BCUT2D eigenvalue weighted by Gasteiger charge is 2.33. The Morgan fingerprint density at radius 3 is 2.65 bits per heavy atom. The normalized spacial score (nSPS) is 13.6. The third-order valence-corrected chi connectivity index (χ3v) is 6.20. The van der Waals surface area contributed by atoms with E-state index in [1.807, 2.05) is 12.0 Å². The van der Waals surface area contributed by atoms with Crippen LogP contribution in [0.5, 0.6) is 5.75 Å². The molecule has 0 saturated heterocycles. The Bertz CT molecular complexity index is 1540. The van der Waals surface area contributed by atoms with Crippen LogP contribution in [0.3, 0.4) is 0 Å². The molecule has 9 nitrogen and oxygen atoms in total. The summed E-state index contributed by atoms with van der Waals surface area (Å²) in [4.78, 5) is 31.7. The number of rotatable bonds is 6. The van der Waals surface area contributed by atoms with Gasteiger partial charge in [-0.15, -0.1) is 0 Å². The van der Waals surface area contributed by atoms with Gasteiger partial charge in [0.2, 0.25) is 0 Å². The molecule has 1 aliphatic heterocycles. The highest BCUT2D eigenvalue weighted by atomic mass is 35.5. The van der Waals surface area contributed by atoms with Crippen LogP contribution in [-0.4, -0.2) is 54.8 Å². The van der Waals surface area contributed by atoms with E-state index in [9.17, 15) is 22.8 Å². The summed E-state index contributed by atoms with van der Waals surface area (Å²) < 4.78 is 47.9. The Balaban J connectivity index is 1.30. The largest absolute Gasteiger partial charge is 0.491 e. The van der Waals surface area contributed by atoms with Crippen molar-refractivity contribution in [3.05, 3.63) is 81.4 Å². The predicted molar refractivity (Wildman–Crippen MR) is 128 cm³/mol. The number of amides is 1. The van der Waals surface area contributed by atoms with Gasteiger partial charge in [-0.25, -0.2) is 4.98 Å². The lowest BCUT2D eigenvalue weighted by molar-refractivity contribution is -0.141. The van der Waals surface area contributed by atoms with Crippen molar-refractivity contribution in [3.63, 3.8) is 0 Å². The molecule has 0 saturated carbocycles. The molecule has 5 rings (SSSR count). The second kappa shape index (κ2) is 9.43. The Kier molecular flexibility index (Phi) is 6.28. The van der Waals surface area contributed by atoms with Crippen molar-refractivity contribution in [2.75, 3.05) is 19.7 Å². The number of halogens is 4. The lowest BCUT2D eigenvalue weighted by atomic mass is 10.1. The third-order valence-electron chi connectivity index (χ3n) is 5.96. The summed E-state index contributed by atoms with van der Waals surface area (Å²) in [6.45, 7) is 2.68. The van der Waals surface area contributed by atoms with Gasteiger partial charge in [0.15, 0.2) is 0 Å². The maximum absolute atomic E-state index is 13.0. The first-order valence-corrected chi connectivity index (χ1v) is 11.6. The fraction of sp³-hybridized carbons (Fsp3) is 0.250. The van der Waals surface area contributed by atoms with Crippen LogP contribution >= 0.6 is 11.6 Å². The summed E-state index contributed by atoms with van der Waals surface area (Å²) in [6, 6.07) is 8.61. The number of aromatic nitrogens is 5. The number of imidazole rings is 1. The molecule has 37 heavy (non-hydrogen) atoms. The molecule has 1 aliphatic rings. The quantitative estimate of drug-likeness (QED) is 0.406. The van der Waals surface area contributed by atoms with Crippen LogP contribution in [0.25, 0.3) is 16.9 Å². The van der Waals surface area contributed by atoms with Gasteiger partial charge in [0.05, 0.1) is 24.3 Å². The van der Waals surface area contributed by atoms with E-state index in [0.717, 1.165) is 11.8 Å². The molecule has 4 heterocycles. The number of pyridine rings is 1. The number of aromatic amines is 1. The van der Waals surface area contributed by atoms with Gasteiger partial charge >= 0.3 is 6.18 Å². The van der Waals surface area contributed by atoms with E-state index >= 15 is 0 Å². The topological polar surface area (TPSA) is 98.0 Å². The fourth-order valence-electron chi connectivity index (χ4n) is 4.12. The molecule has 4 aromatic rings. The van der Waals surface area contributed by atoms with Crippen LogP contribution in [0.15, 0.2) is 53.7 Å². The first-order valence-electron chi connectivity index (χ1n) is 11.2. The Morgan fingerprint density at radius 1 is 1.14 bits per heavy atom. The number of ether oxygens (including phenoxy) is 1. The van der Waals surface area contributed by atoms with E-state index in [2.05, 4.69) is 10.1 Å². The summed E-state index contributed by atoms with van der Waals surface area (Å²) in [5.41, 5.74) is 0.451. The van der Waals surface area contributed by atoms with E-state index in [0.29, 0.717) is 23.8 Å². The number of fused-ring (bicyclic) bond motifs is 1. The predicted octanol–water partition coefficient (Wildman–Crippen LogP) is 3.94. The number of nitrogens with one attached hydrogen (secondary N) is 1. The summed E-state index contributed by atoms with van der Waals surface area (Å²) >= 11 is 6.05. The van der Waals surface area contributed by atoms with E-state index in [-0.39, 0.29) is 47.3 Å². The average Bonchev–Trinajstić information content (AvgIpc) is 3.51. The van der Waals surface area contributed by atoms with Gasteiger partial charge in [-0.2, -0.15) is 18.3 Å². The summed E-state index contributed by atoms with van der Waals surface area (Å²) in [6.07, 6.45) is -1.29. The molecule has 0 fully saturated rings. The second-order valence-electron chi connectivity index (χ2n) is 8.43. The summed E-state index contributed by atoms with van der Waals surface area (Å²) in [5, 5.41) is 6.02. The number of benzene rings is 1. The van der Waals surface area contributed by atoms with Crippen LogP contribution in [0.2, 0.25) is 5.02 Å². The number of alkyl halides is 3. The van der Waals surface area contributed by atoms with E-state index in [1.54, 1.807) is 40.2 Å². The van der Waals surface area contributed by atoms with Crippen LogP contribution in [0.1, 0.15) is 21.9 Å². The highest BCUT2D eigenvalue weighted by Crippen LogP contribution is 2.35. The molecule has 0 bridgehead atoms. The minimum Gasteiger partial charge on any atom is -0.491 e. The molecule has 1 aromatic carbocycles. The number of carbonyl (C=O) groups excluding carboxylic acids is 1. The van der Waals surface area contributed by atoms with Crippen molar-refractivity contribution >= 4 is 17.5 Å². The molecular weight excluding hydrogens is 513 g/mol. The summed E-state index contributed by atoms with van der Waals surface area (Å²) in [5.74, 6) is -0.0512. The van der Waals surface area contributed by atoms with Gasteiger partial charge in [0.25, 0.3) is 11.5 Å². The maximum Gasteiger partial charge on any atom is 0.432 e. The number of H-pyrrole nitrogens is 1. The van der Waals surface area contributed by atoms with Crippen molar-refractivity contribution in [2.24, 2.45) is 0 Å². The average molecular weight is 533 g/mol. The molecule has 1 amide bonds. The number of hydrogen-bond donors (Lipinski definition) is 1. The Hall–Kier alpha value is -4.06. The van der Waals surface area contributed by atoms with Gasteiger partial charge in [-0.1, -0.05) is 11.6 Å². The minimum atomic E-state index is -4.57. The van der Waals surface area contributed by atoms with Gasteiger partial charge in [-0.05, 0) is 43.3 Å². The molecule has 0 radical (unpaired) electrons. The molecule has 3 aromatic heterocycles. The lowest BCUT2D eigenvalue weighted by Crippen LogP contribution is -2.46. The number of carbonyl (C=O) groups is 1. The number of hydrogen-bond acceptors (Lipinski definition) is 5. The number of aryl methyl sites for hydroxylation is 1. The highest BCUT2D eigenvalue weighted by molar-refractivity contribution is 6.31. The lowest BCUT2D eigenvalue weighted by Gasteiger charge is -2.29. The van der Waals surface area contributed by atoms with Crippen LogP contribution in [0, 0.1) is 6.92 Å². The van der Waals surface area contributed by atoms with E-state index < -0.39 is 11.9 Å². The van der Waals surface area contributed by atoms with Gasteiger partial charge in [0, 0.05) is 29.9 Å². The van der Waals surface area contributed by atoms with Crippen molar-refractivity contribution in [1.82, 2.24) is 29.2 Å². The zero-order valence-electron chi connectivity index (χ0n) is 19.4. The first kappa shape index (κ1) is 24.6. The van der Waals surface area contributed by atoms with Gasteiger partial charge < -0.3 is 18.8 Å². The van der Waals surface area contributed by atoms with E-state index in [1.165, 1.54) is 16.7 Å². The smallest absolute Gasteiger partial charge is 0.432 e. The van der Waals surface area contributed by atoms with Crippen molar-refractivity contribution < 1.29 is 22.7 Å². The zero-order chi connectivity index (χ0) is 26.3. The minimum absolute atomic E-state index is 0.0241. The molecule has 1 N–H and O–H groups in total. The molecule has 0 aliphatic carbocycles. The molecule has 0 spiro atoms. The zero-order valence-corrected chi connectivity index (χ0v) is 20.2. The standard InChI is InChI=1S/C24H20ClF3N6O3/c1-14-12-33(13-29-14)18-3-4-19-22(35)32(6-7-34(19)23(18)36)8-9-37-20-5-2-15(25)10-16(20)17-11-21(31-30-17)24(26,27)28/h2-5,10-13H,6-9H2,1H3,(H,30,31). The molecular formula is C24H20ClF3N6O3. The van der Waals surface area contributed by atoms with Crippen molar-refractivity contribution in [3.8, 4) is 22.7 Å². The second-order valence-corrected chi connectivity index (χ2v) is 8.87. The molecule has 0 unspecified atom stereocenters. The SMILES string of the molecule is Cc1cn(-c2ccc3n(c2=O)CCN(CCOc2ccc(Cl)cc2-c2cc(C(F)(F)F)[nH]n2)C3=O)cn1. The molecule has 192 valence electrons. The van der Waals surface area contributed by atoms with Crippen molar-refractivity contribution in [2.45, 2.75) is 19.6 Å². The monoisotopic (exact) mass is 532 g/mol. The van der Waals surface area contributed by atoms with Crippen LogP contribution in [0.4, 0.5) is 13.2 Å².